The van der Waals surface area contributed by atoms with Gasteiger partial charge in [-0.05, 0) is 43.2 Å². The summed E-state index contributed by atoms with van der Waals surface area (Å²) in [6.45, 7) is 3.84. The van der Waals surface area contributed by atoms with Crippen LogP contribution in [0.4, 0.5) is 10.1 Å². The molecule has 1 atom stereocenters. The fourth-order valence-electron chi connectivity index (χ4n) is 1.96. The fraction of sp³-hybridized carbons (Fsp3) is 0.200. The molecule has 1 N–H and O–H groups in total. The van der Waals surface area contributed by atoms with Gasteiger partial charge in [0, 0.05) is 9.50 Å². The van der Waals surface area contributed by atoms with Crippen LogP contribution in [-0.2, 0) is 0 Å². The minimum atomic E-state index is -0.250. The van der Waals surface area contributed by atoms with Crippen LogP contribution in [0.1, 0.15) is 24.1 Å². The van der Waals surface area contributed by atoms with Gasteiger partial charge < -0.3 is 5.32 Å². The molecule has 0 aliphatic heterocycles. The highest BCUT2D eigenvalue weighted by Crippen LogP contribution is 2.30. The van der Waals surface area contributed by atoms with E-state index in [4.69, 9.17) is 11.6 Å². The quantitative estimate of drug-likeness (QED) is 0.752. The van der Waals surface area contributed by atoms with Crippen LogP contribution in [0.25, 0.3) is 0 Å². The lowest BCUT2D eigenvalue weighted by atomic mass is 10.1. The monoisotopic (exact) mass is 341 g/mol. The molecule has 0 spiro atoms. The summed E-state index contributed by atoms with van der Waals surface area (Å²) >= 11 is 9.58. The first-order valence-corrected chi connectivity index (χ1v) is 7.12. The fourth-order valence-corrected chi connectivity index (χ4v) is 2.80. The van der Waals surface area contributed by atoms with E-state index in [-0.39, 0.29) is 11.9 Å². The first-order valence-electron chi connectivity index (χ1n) is 5.95. The van der Waals surface area contributed by atoms with Gasteiger partial charge in [-0.1, -0.05) is 45.7 Å². The minimum Gasteiger partial charge on any atom is -0.376 e. The molecule has 0 fully saturated rings. The predicted molar refractivity (Wildman–Crippen MR) is 82.3 cm³/mol. The first kappa shape index (κ1) is 14.4. The molecular formula is C15H14BrClFN. The minimum absolute atomic E-state index is 0.0730. The van der Waals surface area contributed by atoms with Gasteiger partial charge in [-0.2, -0.15) is 0 Å². The van der Waals surface area contributed by atoms with E-state index in [9.17, 15) is 4.39 Å². The van der Waals surface area contributed by atoms with Crippen LogP contribution in [-0.4, -0.2) is 0 Å². The van der Waals surface area contributed by atoms with Crippen molar-refractivity contribution in [2.75, 3.05) is 5.32 Å². The third kappa shape index (κ3) is 3.28. The maximum absolute atomic E-state index is 13.8. The lowest BCUT2D eigenvalue weighted by Crippen LogP contribution is -2.09. The molecule has 0 aliphatic carbocycles. The number of hydrogen-bond donors (Lipinski definition) is 1. The molecular weight excluding hydrogens is 329 g/mol. The molecule has 0 radical (unpaired) electrons. The van der Waals surface area contributed by atoms with Gasteiger partial charge in [0.15, 0.2) is 0 Å². The van der Waals surface area contributed by atoms with Gasteiger partial charge in [0.1, 0.15) is 5.82 Å². The molecule has 0 amide bonds. The average molecular weight is 343 g/mol. The maximum Gasteiger partial charge on any atom is 0.146 e. The zero-order valence-electron chi connectivity index (χ0n) is 10.7. The van der Waals surface area contributed by atoms with Crippen LogP contribution in [0.15, 0.2) is 40.9 Å². The summed E-state index contributed by atoms with van der Waals surface area (Å²) in [7, 11) is 0. The van der Waals surface area contributed by atoms with Crippen molar-refractivity contribution >= 4 is 33.2 Å². The third-order valence-electron chi connectivity index (χ3n) is 3.01. The van der Waals surface area contributed by atoms with Crippen molar-refractivity contribution in [1.29, 1.82) is 0 Å². The Morgan fingerprint density at radius 3 is 2.63 bits per heavy atom. The van der Waals surface area contributed by atoms with E-state index in [1.54, 1.807) is 6.07 Å². The average Bonchev–Trinajstić information content (AvgIpc) is 2.33. The molecule has 19 heavy (non-hydrogen) atoms. The zero-order valence-corrected chi connectivity index (χ0v) is 13.0. The molecule has 0 saturated heterocycles. The Hall–Kier alpha value is -1.06. The van der Waals surface area contributed by atoms with E-state index in [1.165, 1.54) is 6.07 Å². The number of hydrogen-bond acceptors (Lipinski definition) is 1. The summed E-state index contributed by atoms with van der Waals surface area (Å²) in [5, 5.41) is 3.84. The molecule has 0 saturated carbocycles. The number of aryl methyl sites for hydroxylation is 1. The highest BCUT2D eigenvalue weighted by atomic mass is 79.9. The van der Waals surface area contributed by atoms with E-state index in [1.807, 2.05) is 38.1 Å². The molecule has 2 aromatic carbocycles. The number of rotatable bonds is 3. The highest BCUT2D eigenvalue weighted by molar-refractivity contribution is 9.10. The molecule has 2 rings (SSSR count). The van der Waals surface area contributed by atoms with Crippen molar-refractivity contribution in [3.05, 3.63) is 62.8 Å². The van der Waals surface area contributed by atoms with E-state index in [2.05, 4.69) is 21.2 Å². The van der Waals surface area contributed by atoms with Gasteiger partial charge in [0.05, 0.1) is 11.7 Å². The third-order valence-corrected chi connectivity index (χ3v) is 3.83. The van der Waals surface area contributed by atoms with E-state index in [0.717, 1.165) is 15.6 Å². The van der Waals surface area contributed by atoms with Crippen LogP contribution < -0.4 is 5.32 Å². The Morgan fingerprint density at radius 2 is 2.00 bits per heavy atom. The molecule has 4 heteroatoms. The van der Waals surface area contributed by atoms with E-state index < -0.39 is 0 Å². The normalized spacial score (nSPS) is 12.3. The van der Waals surface area contributed by atoms with Crippen molar-refractivity contribution in [2.45, 2.75) is 19.9 Å². The standard InChI is InChI=1S/C15H14BrClFN/c1-9-4-3-5-14(18)15(9)19-10(2)12-7-6-11(16)8-13(12)17/h3-8,10,19H,1-2H3. The summed E-state index contributed by atoms with van der Waals surface area (Å²) in [6, 6.07) is 10.6. The zero-order chi connectivity index (χ0) is 14.0. The summed E-state index contributed by atoms with van der Waals surface area (Å²) in [5.74, 6) is -0.250. The molecule has 1 unspecified atom stereocenters. The van der Waals surface area contributed by atoms with Crippen LogP contribution in [0.3, 0.4) is 0 Å². The molecule has 1 nitrogen and oxygen atoms in total. The number of halogens is 3. The molecule has 100 valence electrons. The molecule has 0 aliphatic rings. The Labute approximate surface area is 125 Å². The molecule has 2 aromatic rings. The topological polar surface area (TPSA) is 12.0 Å². The van der Waals surface area contributed by atoms with Gasteiger partial charge in [-0.25, -0.2) is 4.39 Å². The molecule has 0 aromatic heterocycles. The summed E-state index contributed by atoms with van der Waals surface area (Å²) < 4.78 is 14.7. The second-order valence-electron chi connectivity index (χ2n) is 4.46. The van der Waals surface area contributed by atoms with Crippen LogP contribution >= 0.6 is 27.5 Å². The smallest absolute Gasteiger partial charge is 0.146 e. The van der Waals surface area contributed by atoms with Gasteiger partial charge in [-0.15, -0.1) is 0 Å². The van der Waals surface area contributed by atoms with Crippen molar-refractivity contribution in [3.63, 3.8) is 0 Å². The van der Waals surface area contributed by atoms with Crippen LogP contribution in [0.2, 0.25) is 5.02 Å². The van der Waals surface area contributed by atoms with Gasteiger partial charge in [-0.3, -0.25) is 0 Å². The van der Waals surface area contributed by atoms with Gasteiger partial charge in [0.2, 0.25) is 0 Å². The first-order chi connectivity index (χ1) is 8.99. The van der Waals surface area contributed by atoms with Crippen molar-refractivity contribution in [2.24, 2.45) is 0 Å². The lowest BCUT2D eigenvalue weighted by molar-refractivity contribution is 0.626. The highest BCUT2D eigenvalue weighted by Gasteiger charge is 2.13. The van der Waals surface area contributed by atoms with E-state index in [0.29, 0.717) is 10.7 Å². The maximum atomic E-state index is 13.8. The predicted octanol–water partition coefficient (Wildman–Crippen LogP) is 5.72. The van der Waals surface area contributed by atoms with E-state index >= 15 is 0 Å². The number of para-hydroxylation sites is 1. The summed E-state index contributed by atoms with van der Waals surface area (Å²) in [6.07, 6.45) is 0. The van der Waals surface area contributed by atoms with Crippen LogP contribution in [0.5, 0.6) is 0 Å². The van der Waals surface area contributed by atoms with Crippen LogP contribution in [0, 0.1) is 12.7 Å². The number of nitrogens with one attached hydrogen (secondary N) is 1. The lowest BCUT2D eigenvalue weighted by Gasteiger charge is -2.19. The number of benzene rings is 2. The largest absolute Gasteiger partial charge is 0.376 e. The second kappa shape index (κ2) is 5.93. The SMILES string of the molecule is Cc1cccc(F)c1NC(C)c1ccc(Br)cc1Cl. The van der Waals surface area contributed by atoms with Crippen molar-refractivity contribution in [3.8, 4) is 0 Å². The summed E-state index contributed by atoms with van der Waals surface area (Å²) in [5.41, 5.74) is 2.33. The molecule has 0 bridgehead atoms. The Bertz CT molecular complexity index is 580. The summed E-state index contributed by atoms with van der Waals surface area (Å²) in [4.78, 5) is 0. The number of anilines is 1. The van der Waals surface area contributed by atoms with Crippen molar-refractivity contribution in [1.82, 2.24) is 0 Å². The van der Waals surface area contributed by atoms with Gasteiger partial charge >= 0.3 is 0 Å². The Balaban J connectivity index is 2.28. The Morgan fingerprint density at radius 1 is 1.26 bits per heavy atom. The van der Waals surface area contributed by atoms with Gasteiger partial charge in [0.25, 0.3) is 0 Å². The molecule has 0 heterocycles. The second-order valence-corrected chi connectivity index (χ2v) is 5.79. The van der Waals surface area contributed by atoms with Crippen molar-refractivity contribution < 1.29 is 4.39 Å². The Kier molecular flexibility index (Phi) is 4.48.